The smallest absolute Gasteiger partial charge is 0.198 e. The second kappa shape index (κ2) is 6.77. The number of anilines is 1. The first-order valence-corrected chi connectivity index (χ1v) is 7.69. The van der Waals surface area contributed by atoms with E-state index in [1.165, 1.54) is 23.8 Å². The number of rotatable bonds is 3. The van der Waals surface area contributed by atoms with Gasteiger partial charge in [-0.05, 0) is 36.6 Å². The molecule has 0 bridgehead atoms. The first-order valence-electron chi connectivity index (χ1n) is 7.69. The average molecular weight is 315 g/mol. The third kappa shape index (κ3) is 3.18. The molecule has 1 heterocycles. The lowest BCUT2D eigenvalue weighted by molar-refractivity contribution is 0.553. The van der Waals surface area contributed by atoms with Crippen molar-refractivity contribution in [2.75, 3.05) is 25.0 Å². The van der Waals surface area contributed by atoms with E-state index in [9.17, 15) is 8.78 Å². The molecule has 1 aliphatic rings. The van der Waals surface area contributed by atoms with Crippen LogP contribution in [0.4, 0.5) is 14.5 Å². The molecular formula is C18H19F2N3. The molecule has 0 amide bonds. The van der Waals surface area contributed by atoms with E-state index >= 15 is 0 Å². The van der Waals surface area contributed by atoms with E-state index in [1.807, 2.05) is 12.1 Å². The van der Waals surface area contributed by atoms with Crippen molar-refractivity contribution in [3.8, 4) is 0 Å². The number of guanidine groups is 1. The maximum absolute atomic E-state index is 13.6. The minimum atomic E-state index is -0.506. The van der Waals surface area contributed by atoms with Crippen LogP contribution in [0.25, 0.3) is 0 Å². The number of hydrogen-bond donors (Lipinski definition) is 1. The highest BCUT2D eigenvalue weighted by Gasteiger charge is 2.22. The maximum atomic E-state index is 13.6. The van der Waals surface area contributed by atoms with E-state index in [2.05, 4.69) is 27.3 Å². The Bertz CT molecular complexity index is 708. The van der Waals surface area contributed by atoms with Crippen LogP contribution >= 0.6 is 0 Å². The molecule has 0 atom stereocenters. The summed E-state index contributed by atoms with van der Waals surface area (Å²) in [7, 11) is 1.72. The SMILES string of the molecule is CN=C(NCCc1c(F)cccc1F)N1CCc2ccccc21. The third-order valence-corrected chi connectivity index (χ3v) is 4.07. The van der Waals surface area contributed by atoms with Gasteiger partial charge in [0.25, 0.3) is 0 Å². The highest BCUT2D eigenvalue weighted by Crippen LogP contribution is 2.27. The summed E-state index contributed by atoms with van der Waals surface area (Å²) in [6.45, 7) is 1.27. The van der Waals surface area contributed by atoms with Crippen LogP contribution < -0.4 is 10.2 Å². The second-order valence-electron chi connectivity index (χ2n) is 5.45. The number of aliphatic imine (C=N–C) groups is 1. The van der Waals surface area contributed by atoms with E-state index in [0.29, 0.717) is 6.54 Å². The van der Waals surface area contributed by atoms with Crippen LogP contribution in [-0.4, -0.2) is 26.1 Å². The van der Waals surface area contributed by atoms with Crippen LogP contribution in [0.3, 0.4) is 0 Å². The van der Waals surface area contributed by atoms with Gasteiger partial charge in [0, 0.05) is 31.4 Å². The van der Waals surface area contributed by atoms with Gasteiger partial charge < -0.3 is 10.2 Å². The van der Waals surface area contributed by atoms with Gasteiger partial charge in [-0.25, -0.2) is 8.78 Å². The normalized spacial score (nSPS) is 14.0. The van der Waals surface area contributed by atoms with Crippen molar-refractivity contribution in [2.45, 2.75) is 12.8 Å². The Hall–Kier alpha value is -2.43. The Balaban J connectivity index is 1.66. The van der Waals surface area contributed by atoms with Gasteiger partial charge in [-0.2, -0.15) is 0 Å². The molecule has 0 fully saturated rings. The lowest BCUT2D eigenvalue weighted by Crippen LogP contribution is -2.41. The quantitative estimate of drug-likeness (QED) is 0.696. The summed E-state index contributed by atoms with van der Waals surface area (Å²) in [6, 6.07) is 12.1. The minimum absolute atomic E-state index is 0.109. The zero-order chi connectivity index (χ0) is 16.2. The predicted molar refractivity (Wildman–Crippen MR) is 88.9 cm³/mol. The summed E-state index contributed by atoms with van der Waals surface area (Å²) in [5.41, 5.74) is 2.53. The third-order valence-electron chi connectivity index (χ3n) is 4.07. The van der Waals surface area contributed by atoms with Crippen LogP contribution in [0, 0.1) is 11.6 Å². The number of nitrogens with one attached hydrogen (secondary N) is 1. The van der Waals surface area contributed by atoms with E-state index in [0.717, 1.165) is 24.6 Å². The van der Waals surface area contributed by atoms with Crippen molar-refractivity contribution in [1.82, 2.24) is 5.32 Å². The summed E-state index contributed by atoms with van der Waals surface area (Å²) in [5.74, 6) is -0.284. The molecule has 1 N–H and O–H groups in total. The van der Waals surface area contributed by atoms with Crippen LogP contribution in [0.15, 0.2) is 47.5 Å². The molecule has 0 radical (unpaired) electrons. The Labute approximate surface area is 134 Å². The van der Waals surface area contributed by atoms with Gasteiger partial charge in [0.05, 0.1) is 0 Å². The largest absolute Gasteiger partial charge is 0.356 e. The van der Waals surface area contributed by atoms with Gasteiger partial charge in [0.15, 0.2) is 5.96 Å². The summed E-state index contributed by atoms with van der Waals surface area (Å²) < 4.78 is 27.3. The topological polar surface area (TPSA) is 27.6 Å². The van der Waals surface area contributed by atoms with Crippen LogP contribution in [0.5, 0.6) is 0 Å². The fourth-order valence-corrected chi connectivity index (χ4v) is 2.92. The Kier molecular flexibility index (Phi) is 4.55. The van der Waals surface area contributed by atoms with Gasteiger partial charge >= 0.3 is 0 Å². The predicted octanol–water partition coefficient (Wildman–Crippen LogP) is 3.15. The number of para-hydroxylation sites is 1. The average Bonchev–Trinajstić information content (AvgIpc) is 2.98. The molecule has 5 heteroatoms. The van der Waals surface area contributed by atoms with Crippen molar-refractivity contribution in [3.05, 3.63) is 65.2 Å². The van der Waals surface area contributed by atoms with Crippen molar-refractivity contribution < 1.29 is 8.78 Å². The first-order chi connectivity index (χ1) is 11.2. The molecule has 2 aromatic rings. The van der Waals surface area contributed by atoms with E-state index in [1.54, 1.807) is 7.05 Å². The molecule has 2 aromatic carbocycles. The Morgan fingerprint density at radius 2 is 1.87 bits per heavy atom. The summed E-state index contributed by atoms with van der Waals surface area (Å²) >= 11 is 0. The lowest BCUT2D eigenvalue weighted by Gasteiger charge is -2.22. The van der Waals surface area contributed by atoms with Gasteiger partial charge in [0.1, 0.15) is 11.6 Å². The molecule has 23 heavy (non-hydrogen) atoms. The molecule has 3 rings (SSSR count). The van der Waals surface area contributed by atoms with Crippen LogP contribution in [0.1, 0.15) is 11.1 Å². The van der Waals surface area contributed by atoms with Gasteiger partial charge in [0.2, 0.25) is 0 Å². The van der Waals surface area contributed by atoms with Gasteiger partial charge in [-0.15, -0.1) is 0 Å². The van der Waals surface area contributed by atoms with Gasteiger partial charge in [-0.3, -0.25) is 4.99 Å². The maximum Gasteiger partial charge on any atom is 0.198 e. The molecule has 0 saturated heterocycles. The molecule has 0 aromatic heterocycles. The van der Waals surface area contributed by atoms with Crippen molar-refractivity contribution in [1.29, 1.82) is 0 Å². The fraction of sp³-hybridized carbons (Fsp3) is 0.278. The number of nitrogens with zero attached hydrogens (tertiary/aromatic N) is 2. The van der Waals surface area contributed by atoms with Gasteiger partial charge in [-0.1, -0.05) is 24.3 Å². The van der Waals surface area contributed by atoms with E-state index in [4.69, 9.17) is 0 Å². The molecule has 3 nitrogen and oxygen atoms in total. The second-order valence-corrected chi connectivity index (χ2v) is 5.45. The molecule has 0 saturated carbocycles. The zero-order valence-corrected chi connectivity index (χ0v) is 13.0. The number of halogens is 2. The Morgan fingerprint density at radius 3 is 2.61 bits per heavy atom. The fourth-order valence-electron chi connectivity index (χ4n) is 2.92. The van der Waals surface area contributed by atoms with E-state index < -0.39 is 11.6 Å². The molecule has 1 aliphatic heterocycles. The molecule has 0 spiro atoms. The number of fused-ring (bicyclic) bond motifs is 1. The highest BCUT2D eigenvalue weighted by molar-refractivity contribution is 5.97. The molecule has 0 unspecified atom stereocenters. The summed E-state index contributed by atoms with van der Waals surface area (Å²) in [4.78, 5) is 6.39. The Morgan fingerprint density at radius 1 is 1.13 bits per heavy atom. The monoisotopic (exact) mass is 315 g/mol. The number of benzene rings is 2. The molecule has 120 valence electrons. The van der Waals surface area contributed by atoms with Crippen LogP contribution in [-0.2, 0) is 12.8 Å². The molecular weight excluding hydrogens is 296 g/mol. The standard InChI is InChI=1S/C18H19F2N3/c1-21-18(23-12-10-13-5-2-3-8-17(13)23)22-11-9-14-15(19)6-4-7-16(14)20/h2-8H,9-12H2,1H3,(H,21,22). The summed E-state index contributed by atoms with van der Waals surface area (Å²) in [6.07, 6.45) is 1.24. The molecule has 0 aliphatic carbocycles. The lowest BCUT2D eigenvalue weighted by atomic mass is 10.1. The number of hydrogen-bond acceptors (Lipinski definition) is 1. The van der Waals surface area contributed by atoms with E-state index in [-0.39, 0.29) is 12.0 Å². The first kappa shape index (κ1) is 15.5. The zero-order valence-electron chi connectivity index (χ0n) is 13.0. The van der Waals surface area contributed by atoms with Crippen LogP contribution in [0.2, 0.25) is 0 Å². The summed E-state index contributed by atoms with van der Waals surface area (Å²) in [5, 5.41) is 3.20. The minimum Gasteiger partial charge on any atom is -0.356 e. The van der Waals surface area contributed by atoms with Crippen molar-refractivity contribution >= 4 is 11.6 Å². The van der Waals surface area contributed by atoms with Crippen molar-refractivity contribution in [2.24, 2.45) is 4.99 Å². The van der Waals surface area contributed by atoms with Crippen molar-refractivity contribution in [3.63, 3.8) is 0 Å². The highest BCUT2D eigenvalue weighted by atomic mass is 19.1.